The van der Waals surface area contributed by atoms with Gasteiger partial charge >= 0.3 is 0 Å². The molecule has 1 aliphatic rings. The van der Waals surface area contributed by atoms with Crippen LogP contribution in [0, 0.1) is 0 Å². The molecule has 0 aliphatic carbocycles. The lowest BCUT2D eigenvalue weighted by atomic mass is 10.1. The molecule has 0 radical (unpaired) electrons. The molecular formula is C15H25N3O. The van der Waals surface area contributed by atoms with E-state index in [4.69, 9.17) is 4.74 Å². The van der Waals surface area contributed by atoms with Crippen LogP contribution >= 0.6 is 0 Å². The Hall–Kier alpha value is -1.10. The summed E-state index contributed by atoms with van der Waals surface area (Å²) >= 11 is 0. The molecule has 2 N–H and O–H groups in total. The summed E-state index contributed by atoms with van der Waals surface area (Å²) in [4.78, 5) is 2.46. The van der Waals surface area contributed by atoms with E-state index in [2.05, 4.69) is 46.7 Å². The number of anilines is 1. The molecule has 1 atom stereocenters. The molecule has 0 spiro atoms. The van der Waals surface area contributed by atoms with Gasteiger partial charge in [0.05, 0.1) is 13.2 Å². The first-order valence-electron chi connectivity index (χ1n) is 7.08. The summed E-state index contributed by atoms with van der Waals surface area (Å²) in [5.74, 6) is 0. The zero-order valence-corrected chi connectivity index (χ0v) is 12.0. The summed E-state index contributed by atoms with van der Waals surface area (Å²) < 4.78 is 5.37. The molecule has 1 aromatic carbocycles. The molecule has 4 nitrogen and oxygen atoms in total. The van der Waals surface area contributed by atoms with Crippen molar-refractivity contribution in [1.29, 1.82) is 0 Å². The maximum absolute atomic E-state index is 5.37. The van der Waals surface area contributed by atoms with Crippen molar-refractivity contribution in [3.05, 3.63) is 29.8 Å². The normalized spacial score (nSPS) is 18.2. The summed E-state index contributed by atoms with van der Waals surface area (Å²) in [6.45, 7) is 8.09. The lowest BCUT2D eigenvalue weighted by molar-refractivity contribution is 0.0343. The van der Waals surface area contributed by atoms with Crippen LogP contribution in [0.25, 0.3) is 0 Å². The van der Waals surface area contributed by atoms with E-state index >= 15 is 0 Å². The summed E-state index contributed by atoms with van der Waals surface area (Å²) in [7, 11) is 1.97. The Morgan fingerprint density at radius 3 is 2.74 bits per heavy atom. The van der Waals surface area contributed by atoms with Crippen molar-refractivity contribution in [1.82, 2.24) is 10.2 Å². The second-order valence-electron chi connectivity index (χ2n) is 5.10. The van der Waals surface area contributed by atoms with E-state index in [0.29, 0.717) is 6.04 Å². The van der Waals surface area contributed by atoms with Gasteiger partial charge in [0.2, 0.25) is 0 Å². The Balaban J connectivity index is 1.77. The van der Waals surface area contributed by atoms with Crippen molar-refractivity contribution < 1.29 is 4.74 Å². The van der Waals surface area contributed by atoms with E-state index in [1.165, 1.54) is 11.3 Å². The monoisotopic (exact) mass is 263 g/mol. The fourth-order valence-corrected chi connectivity index (χ4v) is 2.44. The highest BCUT2D eigenvalue weighted by molar-refractivity contribution is 5.50. The van der Waals surface area contributed by atoms with Gasteiger partial charge in [0.15, 0.2) is 0 Å². The number of ether oxygens (including phenoxy) is 1. The zero-order valence-electron chi connectivity index (χ0n) is 12.0. The van der Waals surface area contributed by atoms with Crippen LogP contribution in [0.4, 0.5) is 5.69 Å². The number of hydrogen-bond donors (Lipinski definition) is 2. The van der Waals surface area contributed by atoms with Gasteiger partial charge in [-0.05, 0) is 18.6 Å². The highest BCUT2D eigenvalue weighted by atomic mass is 16.5. The molecule has 0 aromatic heterocycles. The summed E-state index contributed by atoms with van der Waals surface area (Å²) in [6.07, 6.45) is 0. The highest BCUT2D eigenvalue weighted by Crippen LogP contribution is 2.13. The fourth-order valence-electron chi connectivity index (χ4n) is 2.44. The minimum atomic E-state index is 0.489. The summed E-state index contributed by atoms with van der Waals surface area (Å²) in [6, 6.07) is 8.92. The Bertz CT molecular complexity index is 377. The third kappa shape index (κ3) is 4.49. The summed E-state index contributed by atoms with van der Waals surface area (Å²) in [5.41, 5.74) is 2.52. The largest absolute Gasteiger partial charge is 0.388 e. The van der Waals surface area contributed by atoms with Gasteiger partial charge in [-0.25, -0.2) is 0 Å². The molecule has 1 aliphatic heterocycles. The number of rotatable bonds is 6. The van der Waals surface area contributed by atoms with Crippen LogP contribution in [0.15, 0.2) is 24.3 Å². The third-order valence-electron chi connectivity index (χ3n) is 3.56. The fraction of sp³-hybridized carbons (Fsp3) is 0.600. The maximum Gasteiger partial charge on any atom is 0.0594 e. The predicted octanol–water partition coefficient (Wildman–Crippen LogP) is 1.54. The molecule has 1 heterocycles. The minimum Gasteiger partial charge on any atom is -0.388 e. The number of nitrogens with zero attached hydrogens (tertiary/aromatic N) is 1. The van der Waals surface area contributed by atoms with Crippen LogP contribution in [0.2, 0.25) is 0 Å². The van der Waals surface area contributed by atoms with Gasteiger partial charge in [-0.2, -0.15) is 0 Å². The van der Waals surface area contributed by atoms with Crippen molar-refractivity contribution >= 4 is 5.69 Å². The number of para-hydroxylation sites is 1. The second kappa shape index (κ2) is 7.48. The molecule has 1 saturated heterocycles. The first kappa shape index (κ1) is 14.3. The molecular weight excluding hydrogens is 238 g/mol. The highest BCUT2D eigenvalue weighted by Gasteiger charge is 2.13. The molecule has 0 saturated carbocycles. The molecule has 106 valence electrons. The Morgan fingerprint density at radius 2 is 2.00 bits per heavy atom. The molecule has 1 fully saturated rings. The van der Waals surface area contributed by atoms with Crippen LogP contribution in [-0.4, -0.2) is 50.8 Å². The average Bonchev–Trinajstić information content (AvgIpc) is 2.46. The topological polar surface area (TPSA) is 36.5 Å². The molecule has 1 unspecified atom stereocenters. The predicted molar refractivity (Wildman–Crippen MR) is 79.5 cm³/mol. The molecule has 0 amide bonds. The zero-order chi connectivity index (χ0) is 13.5. The van der Waals surface area contributed by atoms with Crippen molar-refractivity contribution in [2.45, 2.75) is 19.5 Å². The van der Waals surface area contributed by atoms with E-state index in [9.17, 15) is 0 Å². The third-order valence-corrected chi connectivity index (χ3v) is 3.56. The molecule has 2 rings (SSSR count). The van der Waals surface area contributed by atoms with Gasteiger partial charge in [-0.3, -0.25) is 4.90 Å². The van der Waals surface area contributed by atoms with Crippen LogP contribution < -0.4 is 10.6 Å². The summed E-state index contributed by atoms with van der Waals surface area (Å²) in [5, 5.41) is 6.83. The van der Waals surface area contributed by atoms with Crippen molar-refractivity contribution in [3.63, 3.8) is 0 Å². The molecule has 4 heteroatoms. The number of hydrogen-bond acceptors (Lipinski definition) is 4. The average molecular weight is 263 g/mol. The lowest BCUT2D eigenvalue weighted by Crippen LogP contribution is -2.44. The van der Waals surface area contributed by atoms with Gasteiger partial charge in [0.1, 0.15) is 0 Å². The quantitative estimate of drug-likeness (QED) is 0.816. The van der Waals surface area contributed by atoms with Gasteiger partial charge in [-0.15, -0.1) is 0 Å². The standard InChI is InChI=1S/C15H25N3O/c1-13(12-18-7-9-19-10-8-18)17-11-14-5-3-4-6-15(14)16-2/h3-6,13,16-17H,7-12H2,1-2H3. The smallest absolute Gasteiger partial charge is 0.0594 e. The van der Waals surface area contributed by atoms with Gasteiger partial charge in [-0.1, -0.05) is 18.2 Å². The first-order chi connectivity index (χ1) is 9.29. The number of morpholine rings is 1. The van der Waals surface area contributed by atoms with Crippen molar-refractivity contribution in [2.75, 3.05) is 45.2 Å². The lowest BCUT2D eigenvalue weighted by Gasteiger charge is -2.29. The van der Waals surface area contributed by atoms with Gasteiger partial charge < -0.3 is 15.4 Å². The van der Waals surface area contributed by atoms with E-state index in [-0.39, 0.29) is 0 Å². The maximum atomic E-state index is 5.37. The van der Waals surface area contributed by atoms with Crippen molar-refractivity contribution in [2.24, 2.45) is 0 Å². The van der Waals surface area contributed by atoms with Crippen molar-refractivity contribution in [3.8, 4) is 0 Å². The SMILES string of the molecule is CNc1ccccc1CNC(C)CN1CCOCC1. The Kier molecular flexibility index (Phi) is 5.63. The van der Waals surface area contributed by atoms with Crippen LogP contribution in [0.3, 0.4) is 0 Å². The Labute approximate surface area is 116 Å². The number of benzene rings is 1. The molecule has 0 bridgehead atoms. The van der Waals surface area contributed by atoms with E-state index in [0.717, 1.165) is 39.4 Å². The second-order valence-corrected chi connectivity index (χ2v) is 5.10. The molecule has 19 heavy (non-hydrogen) atoms. The van der Waals surface area contributed by atoms with Crippen LogP contribution in [-0.2, 0) is 11.3 Å². The van der Waals surface area contributed by atoms with Crippen LogP contribution in [0.5, 0.6) is 0 Å². The van der Waals surface area contributed by atoms with Gasteiger partial charge in [0, 0.05) is 45.0 Å². The minimum absolute atomic E-state index is 0.489. The first-order valence-corrected chi connectivity index (χ1v) is 7.08. The van der Waals surface area contributed by atoms with Crippen LogP contribution in [0.1, 0.15) is 12.5 Å². The van der Waals surface area contributed by atoms with E-state index in [1.807, 2.05) is 7.05 Å². The Morgan fingerprint density at radius 1 is 1.26 bits per heavy atom. The van der Waals surface area contributed by atoms with E-state index < -0.39 is 0 Å². The van der Waals surface area contributed by atoms with E-state index in [1.54, 1.807) is 0 Å². The number of nitrogens with one attached hydrogen (secondary N) is 2. The van der Waals surface area contributed by atoms with Gasteiger partial charge in [0.25, 0.3) is 0 Å². The molecule has 1 aromatic rings.